The zero-order valence-electron chi connectivity index (χ0n) is 10.3. The van der Waals surface area contributed by atoms with Crippen LogP contribution in [0.2, 0.25) is 0 Å². The fourth-order valence-corrected chi connectivity index (χ4v) is 2.64. The lowest BCUT2D eigenvalue weighted by Gasteiger charge is -2.27. The zero-order chi connectivity index (χ0) is 12.4. The highest BCUT2D eigenvalue weighted by molar-refractivity contribution is 5.88. The summed E-state index contributed by atoms with van der Waals surface area (Å²) in [6.07, 6.45) is 2.49. The lowest BCUT2D eigenvalue weighted by atomic mass is 10.1. The van der Waals surface area contributed by atoms with Crippen molar-refractivity contribution in [3.63, 3.8) is 0 Å². The van der Waals surface area contributed by atoms with E-state index >= 15 is 0 Å². The SMILES string of the molecule is CC(C(=O)N1CCCC1)N1CC(CO)CC1=O. The molecule has 2 heterocycles. The van der Waals surface area contributed by atoms with Crippen molar-refractivity contribution in [3.05, 3.63) is 0 Å². The molecule has 0 aromatic heterocycles. The van der Waals surface area contributed by atoms with Crippen LogP contribution in [0.3, 0.4) is 0 Å². The second kappa shape index (κ2) is 5.04. The van der Waals surface area contributed by atoms with E-state index in [-0.39, 0.29) is 30.4 Å². The van der Waals surface area contributed by atoms with Crippen molar-refractivity contribution in [2.75, 3.05) is 26.2 Å². The van der Waals surface area contributed by atoms with Gasteiger partial charge < -0.3 is 14.9 Å². The third-order valence-electron chi connectivity index (χ3n) is 3.74. The standard InChI is InChI=1S/C12H20N2O3/c1-9(12(17)13-4-2-3-5-13)14-7-10(8-15)6-11(14)16/h9-10,15H,2-8H2,1H3. The number of likely N-dealkylation sites (tertiary alicyclic amines) is 2. The summed E-state index contributed by atoms with van der Waals surface area (Å²) in [6.45, 7) is 3.95. The molecule has 2 atom stereocenters. The van der Waals surface area contributed by atoms with E-state index in [1.165, 1.54) is 0 Å². The fraction of sp³-hybridized carbons (Fsp3) is 0.833. The highest BCUT2D eigenvalue weighted by atomic mass is 16.3. The van der Waals surface area contributed by atoms with Crippen LogP contribution >= 0.6 is 0 Å². The largest absolute Gasteiger partial charge is 0.396 e. The molecule has 5 nitrogen and oxygen atoms in total. The monoisotopic (exact) mass is 240 g/mol. The molecule has 5 heteroatoms. The van der Waals surface area contributed by atoms with Crippen LogP contribution in [0.5, 0.6) is 0 Å². The van der Waals surface area contributed by atoms with Gasteiger partial charge in [-0.1, -0.05) is 0 Å². The van der Waals surface area contributed by atoms with Gasteiger partial charge in [0, 0.05) is 38.6 Å². The van der Waals surface area contributed by atoms with E-state index in [0.29, 0.717) is 13.0 Å². The number of aliphatic hydroxyl groups excluding tert-OH is 1. The molecule has 2 unspecified atom stereocenters. The van der Waals surface area contributed by atoms with Crippen LogP contribution in [0.15, 0.2) is 0 Å². The molecule has 17 heavy (non-hydrogen) atoms. The third-order valence-corrected chi connectivity index (χ3v) is 3.74. The first-order valence-electron chi connectivity index (χ1n) is 6.32. The lowest BCUT2D eigenvalue weighted by Crippen LogP contribution is -2.47. The van der Waals surface area contributed by atoms with Gasteiger partial charge in [-0.2, -0.15) is 0 Å². The van der Waals surface area contributed by atoms with Crippen LogP contribution in [0, 0.1) is 5.92 Å². The van der Waals surface area contributed by atoms with Crippen molar-refractivity contribution in [1.82, 2.24) is 9.80 Å². The summed E-state index contributed by atoms with van der Waals surface area (Å²) in [7, 11) is 0. The molecule has 0 saturated carbocycles. The molecule has 0 aromatic carbocycles. The van der Waals surface area contributed by atoms with Crippen molar-refractivity contribution in [2.24, 2.45) is 5.92 Å². The van der Waals surface area contributed by atoms with E-state index in [1.807, 2.05) is 4.90 Å². The predicted octanol–water partition coefficient (Wildman–Crippen LogP) is -0.162. The Morgan fingerprint density at radius 3 is 2.65 bits per heavy atom. The number of carbonyl (C=O) groups excluding carboxylic acids is 2. The summed E-state index contributed by atoms with van der Waals surface area (Å²) in [5, 5.41) is 9.06. The van der Waals surface area contributed by atoms with E-state index in [9.17, 15) is 9.59 Å². The lowest BCUT2D eigenvalue weighted by molar-refractivity contribution is -0.142. The molecule has 2 fully saturated rings. The molecule has 0 bridgehead atoms. The summed E-state index contributed by atoms with van der Waals surface area (Å²) >= 11 is 0. The van der Waals surface area contributed by atoms with Crippen molar-refractivity contribution >= 4 is 11.8 Å². The Labute approximate surface area is 101 Å². The molecule has 0 spiro atoms. The minimum absolute atomic E-state index is 0.00340. The Kier molecular flexibility index (Phi) is 3.66. The molecule has 2 aliphatic heterocycles. The second-order valence-corrected chi connectivity index (χ2v) is 5.01. The fourth-order valence-electron chi connectivity index (χ4n) is 2.64. The molecule has 0 radical (unpaired) electrons. The predicted molar refractivity (Wildman–Crippen MR) is 62.2 cm³/mol. The Hall–Kier alpha value is -1.10. The first-order chi connectivity index (χ1) is 8.13. The van der Waals surface area contributed by atoms with E-state index < -0.39 is 0 Å². The number of hydrogen-bond donors (Lipinski definition) is 1. The third kappa shape index (κ3) is 2.44. The number of amides is 2. The van der Waals surface area contributed by atoms with Gasteiger partial charge in [-0.15, -0.1) is 0 Å². The van der Waals surface area contributed by atoms with Gasteiger partial charge in [-0.3, -0.25) is 9.59 Å². The molecule has 2 rings (SSSR count). The molecule has 0 aliphatic carbocycles. The highest BCUT2D eigenvalue weighted by Crippen LogP contribution is 2.21. The minimum atomic E-state index is -0.378. The second-order valence-electron chi connectivity index (χ2n) is 5.01. The van der Waals surface area contributed by atoms with Crippen LogP contribution < -0.4 is 0 Å². The van der Waals surface area contributed by atoms with Crippen LogP contribution in [-0.4, -0.2) is 59.0 Å². The Balaban J connectivity index is 1.97. The topological polar surface area (TPSA) is 60.9 Å². The maximum absolute atomic E-state index is 12.1. The van der Waals surface area contributed by atoms with Gasteiger partial charge in [0.25, 0.3) is 0 Å². The summed E-state index contributed by atoms with van der Waals surface area (Å²) in [5.74, 6) is 0.0369. The van der Waals surface area contributed by atoms with E-state index in [2.05, 4.69) is 0 Å². The van der Waals surface area contributed by atoms with Crippen LogP contribution in [-0.2, 0) is 9.59 Å². The molecule has 2 aliphatic rings. The number of hydrogen-bond acceptors (Lipinski definition) is 3. The molecule has 1 N–H and O–H groups in total. The van der Waals surface area contributed by atoms with Crippen LogP contribution in [0.25, 0.3) is 0 Å². The number of rotatable bonds is 3. The van der Waals surface area contributed by atoms with Crippen LogP contribution in [0.4, 0.5) is 0 Å². The summed E-state index contributed by atoms with van der Waals surface area (Å²) in [4.78, 5) is 27.3. The average molecular weight is 240 g/mol. The van der Waals surface area contributed by atoms with Gasteiger partial charge in [0.2, 0.25) is 11.8 Å². The summed E-state index contributed by atoms with van der Waals surface area (Å²) < 4.78 is 0. The number of nitrogens with zero attached hydrogens (tertiary/aromatic N) is 2. The first-order valence-corrected chi connectivity index (χ1v) is 6.32. The quantitative estimate of drug-likeness (QED) is 0.745. The Bertz CT molecular complexity index is 313. The van der Waals surface area contributed by atoms with Gasteiger partial charge in [-0.25, -0.2) is 0 Å². The molecule has 96 valence electrons. The van der Waals surface area contributed by atoms with E-state index in [4.69, 9.17) is 5.11 Å². The van der Waals surface area contributed by atoms with Crippen molar-refractivity contribution in [3.8, 4) is 0 Å². The molecule has 0 aromatic rings. The maximum atomic E-state index is 12.1. The van der Waals surface area contributed by atoms with Crippen LogP contribution in [0.1, 0.15) is 26.2 Å². The van der Waals surface area contributed by atoms with Gasteiger partial charge >= 0.3 is 0 Å². The minimum Gasteiger partial charge on any atom is -0.396 e. The first kappa shape index (κ1) is 12.4. The van der Waals surface area contributed by atoms with E-state index in [1.54, 1.807) is 11.8 Å². The van der Waals surface area contributed by atoms with Crippen molar-refractivity contribution in [1.29, 1.82) is 0 Å². The summed E-state index contributed by atoms with van der Waals surface area (Å²) in [5.41, 5.74) is 0. The van der Waals surface area contributed by atoms with Gasteiger partial charge in [0.1, 0.15) is 6.04 Å². The van der Waals surface area contributed by atoms with Crippen molar-refractivity contribution < 1.29 is 14.7 Å². The highest BCUT2D eigenvalue weighted by Gasteiger charge is 2.36. The van der Waals surface area contributed by atoms with Gasteiger partial charge in [-0.05, 0) is 19.8 Å². The van der Waals surface area contributed by atoms with Gasteiger partial charge in [0.05, 0.1) is 0 Å². The molecule has 2 saturated heterocycles. The smallest absolute Gasteiger partial charge is 0.245 e. The average Bonchev–Trinajstić information content (AvgIpc) is 2.95. The van der Waals surface area contributed by atoms with E-state index in [0.717, 1.165) is 25.9 Å². The Morgan fingerprint density at radius 2 is 2.12 bits per heavy atom. The molecular weight excluding hydrogens is 220 g/mol. The molecular formula is C12H20N2O3. The zero-order valence-corrected chi connectivity index (χ0v) is 10.3. The van der Waals surface area contributed by atoms with Crippen molar-refractivity contribution in [2.45, 2.75) is 32.2 Å². The van der Waals surface area contributed by atoms with Gasteiger partial charge in [0.15, 0.2) is 0 Å². The maximum Gasteiger partial charge on any atom is 0.245 e. The summed E-state index contributed by atoms with van der Waals surface area (Å²) in [6, 6.07) is -0.378. The number of aliphatic hydroxyl groups is 1. The normalized spacial score (nSPS) is 26.7. The number of carbonyl (C=O) groups is 2. The molecule has 2 amide bonds. The Morgan fingerprint density at radius 1 is 1.47 bits per heavy atom.